The number of carbonyl (C=O) groups excluding carboxylic acids is 1. The van der Waals surface area contributed by atoms with Crippen LogP contribution < -0.4 is 0 Å². The summed E-state index contributed by atoms with van der Waals surface area (Å²) in [5, 5.41) is 0. The molecule has 6 heteroatoms. The number of esters is 1. The van der Waals surface area contributed by atoms with Gasteiger partial charge in [-0.1, -0.05) is 0 Å². The second kappa shape index (κ2) is 5.32. The number of halogens is 2. The molecule has 0 amide bonds. The number of hydrogen-bond donors (Lipinski definition) is 0. The predicted octanol–water partition coefficient (Wildman–Crippen LogP) is 2.70. The normalized spacial score (nSPS) is 9.88. The first-order valence-electron chi connectivity index (χ1n) is 4.51. The molecule has 0 unspecified atom stereocenters. The second-order valence-corrected chi connectivity index (χ2v) is 3.81. The van der Waals surface area contributed by atoms with Crippen molar-refractivity contribution in [3.05, 3.63) is 34.7 Å². The summed E-state index contributed by atoms with van der Waals surface area (Å²) in [7, 11) is 0. The van der Waals surface area contributed by atoms with Crippen LogP contribution in [0.3, 0.4) is 0 Å². The summed E-state index contributed by atoms with van der Waals surface area (Å²) >= 11 is 3.36. The van der Waals surface area contributed by atoms with Crippen LogP contribution in [0.2, 0.25) is 0 Å². The van der Waals surface area contributed by atoms with Gasteiger partial charge in [0.15, 0.2) is 5.65 Å². The number of aromatic nitrogens is 2. The van der Waals surface area contributed by atoms with E-state index in [0.29, 0.717) is 12.2 Å². The third kappa shape index (κ3) is 2.36. The van der Waals surface area contributed by atoms with Gasteiger partial charge in [0.2, 0.25) is 0 Å². The molecule has 86 valence electrons. The summed E-state index contributed by atoms with van der Waals surface area (Å²) in [4.78, 5) is 15.6. The van der Waals surface area contributed by atoms with E-state index < -0.39 is 0 Å². The number of carbonyl (C=O) groups is 1. The van der Waals surface area contributed by atoms with Gasteiger partial charge < -0.3 is 9.14 Å². The van der Waals surface area contributed by atoms with Crippen LogP contribution in [0.25, 0.3) is 5.65 Å². The van der Waals surface area contributed by atoms with E-state index >= 15 is 0 Å². The fourth-order valence-electron chi connectivity index (χ4n) is 1.32. The maximum atomic E-state index is 11.5. The van der Waals surface area contributed by atoms with Gasteiger partial charge in [0.25, 0.3) is 0 Å². The zero-order valence-electron chi connectivity index (χ0n) is 8.51. The van der Waals surface area contributed by atoms with E-state index in [1.165, 1.54) is 0 Å². The SMILES string of the molecule is CCOC(=O)c1cc(Br)c2nccn2c1.Cl. The lowest BCUT2D eigenvalue weighted by Crippen LogP contribution is -2.06. The Bertz CT molecular complexity index is 512. The third-order valence-corrected chi connectivity index (χ3v) is 2.54. The van der Waals surface area contributed by atoms with E-state index in [4.69, 9.17) is 4.74 Å². The number of imidazole rings is 1. The lowest BCUT2D eigenvalue weighted by Gasteiger charge is -2.03. The Hall–Kier alpha value is -1.07. The van der Waals surface area contributed by atoms with Gasteiger partial charge in [-0.15, -0.1) is 12.4 Å². The van der Waals surface area contributed by atoms with Crippen LogP contribution in [0.15, 0.2) is 29.1 Å². The first-order chi connectivity index (χ1) is 7.22. The summed E-state index contributed by atoms with van der Waals surface area (Å²) in [5.41, 5.74) is 1.29. The summed E-state index contributed by atoms with van der Waals surface area (Å²) < 4.78 is 7.47. The molecule has 0 saturated heterocycles. The zero-order valence-corrected chi connectivity index (χ0v) is 10.9. The minimum atomic E-state index is -0.325. The Morgan fingerprint density at radius 3 is 3.06 bits per heavy atom. The molecule has 2 aromatic rings. The van der Waals surface area contributed by atoms with E-state index in [1.807, 2.05) is 0 Å². The topological polar surface area (TPSA) is 43.6 Å². The molecule has 0 aromatic carbocycles. The smallest absolute Gasteiger partial charge is 0.339 e. The van der Waals surface area contributed by atoms with Crippen molar-refractivity contribution in [2.75, 3.05) is 6.61 Å². The van der Waals surface area contributed by atoms with Crippen molar-refractivity contribution in [2.24, 2.45) is 0 Å². The van der Waals surface area contributed by atoms with E-state index in [2.05, 4.69) is 20.9 Å². The first kappa shape index (κ1) is 13.0. The van der Waals surface area contributed by atoms with Crippen molar-refractivity contribution < 1.29 is 9.53 Å². The van der Waals surface area contributed by atoms with Gasteiger partial charge >= 0.3 is 5.97 Å². The number of nitrogens with zero attached hydrogens (tertiary/aromatic N) is 2. The predicted molar refractivity (Wildman–Crippen MR) is 66.1 cm³/mol. The van der Waals surface area contributed by atoms with E-state index in [1.54, 1.807) is 36.0 Å². The van der Waals surface area contributed by atoms with E-state index in [-0.39, 0.29) is 18.4 Å². The molecule has 0 saturated carbocycles. The minimum absolute atomic E-state index is 0. The van der Waals surface area contributed by atoms with E-state index in [0.717, 1.165) is 10.1 Å². The average Bonchev–Trinajstić information content (AvgIpc) is 2.66. The number of fused-ring (bicyclic) bond motifs is 1. The number of hydrogen-bond acceptors (Lipinski definition) is 3. The maximum absolute atomic E-state index is 11.5. The van der Waals surface area contributed by atoms with Gasteiger partial charge in [0, 0.05) is 18.6 Å². The number of pyridine rings is 1. The van der Waals surface area contributed by atoms with Crippen LogP contribution in [0, 0.1) is 0 Å². The van der Waals surface area contributed by atoms with Gasteiger partial charge in [-0.3, -0.25) is 0 Å². The molecule has 0 bridgehead atoms. The van der Waals surface area contributed by atoms with Crippen molar-refractivity contribution in [2.45, 2.75) is 6.92 Å². The molecule has 0 atom stereocenters. The molecule has 0 aliphatic heterocycles. The second-order valence-electron chi connectivity index (χ2n) is 2.96. The zero-order chi connectivity index (χ0) is 10.8. The highest BCUT2D eigenvalue weighted by molar-refractivity contribution is 9.10. The standard InChI is InChI=1S/C10H9BrN2O2.ClH/c1-2-15-10(14)7-5-8(11)9-12-3-4-13(9)6-7;/h3-6H,2H2,1H3;1H. The van der Waals surface area contributed by atoms with Crippen molar-refractivity contribution in [1.82, 2.24) is 9.38 Å². The Morgan fingerprint density at radius 2 is 2.38 bits per heavy atom. The third-order valence-electron chi connectivity index (χ3n) is 1.95. The maximum Gasteiger partial charge on any atom is 0.339 e. The highest BCUT2D eigenvalue weighted by Gasteiger charge is 2.10. The van der Waals surface area contributed by atoms with Gasteiger partial charge in [-0.25, -0.2) is 9.78 Å². The van der Waals surface area contributed by atoms with Gasteiger partial charge in [-0.05, 0) is 28.9 Å². The molecule has 0 spiro atoms. The molecule has 0 radical (unpaired) electrons. The summed E-state index contributed by atoms with van der Waals surface area (Å²) in [6, 6.07) is 1.71. The summed E-state index contributed by atoms with van der Waals surface area (Å²) in [6.45, 7) is 2.15. The molecule has 4 nitrogen and oxygen atoms in total. The fourth-order valence-corrected chi connectivity index (χ4v) is 1.87. The molecule has 0 fully saturated rings. The van der Waals surface area contributed by atoms with Gasteiger partial charge in [0.05, 0.1) is 16.6 Å². The Kier molecular flexibility index (Phi) is 4.32. The van der Waals surface area contributed by atoms with Crippen molar-refractivity contribution in [1.29, 1.82) is 0 Å². The molecule has 16 heavy (non-hydrogen) atoms. The first-order valence-corrected chi connectivity index (χ1v) is 5.31. The Morgan fingerprint density at radius 1 is 1.62 bits per heavy atom. The molecule has 0 N–H and O–H groups in total. The Balaban J connectivity index is 0.00000128. The molecule has 2 rings (SSSR count). The minimum Gasteiger partial charge on any atom is -0.462 e. The summed E-state index contributed by atoms with van der Waals surface area (Å²) in [5.74, 6) is -0.325. The van der Waals surface area contributed by atoms with Crippen LogP contribution in [0.1, 0.15) is 17.3 Å². The van der Waals surface area contributed by atoms with Crippen molar-refractivity contribution >= 4 is 40.0 Å². The van der Waals surface area contributed by atoms with Gasteiger partial charge in [-0.2, -0.15) is 0 Å². The quantitative estimate of drug-likeness (QED) is 0.801. The Labute approximate surface area is 107 Å². The number of rotatable bonds is 2. The molecular weight excluding hydrogens is 295 g/mol. The number of ether oxygens (including phenoxy) is 1. The average molecular weight is 306 g/mol. The molecule has 0 aliphatic rings. The van der Waals surface area contributed by atoms with Crippen LogP contribution in [0.5, 0.6) is 0 Å². The van der Waals surface area contributed by atoms with Crippen molar-refractivity contribution in [3.8, 4) is 0 Å². The van der Waals surface area contributed by atoms with Crippen LogP contribution in [-0.2, 0) is 4.74 Å². The molecular formula is C10H10BrClN2O2. The van der Waals surface area contributed by atoms with Crippen LogP contribution in [0.4, 0.5) is 0 Å². The molecule has 2 heterocycles. The highest BCUT2D eigenvalue weighted by Crippen LogP contribution is 2.18. The van der Waals surface area contributed by atoms with Crippen molar-refractivity contribution in [3.63, 3.8) is 0 Å². The van der Waals surface area contributed by atoms with Crippen LogP contribution >= 0.6 is 28.3 Å². The molecule has 2 aromatic heterocycles. The summed E-state index contributed by atoms with van der Waals surface area (Å²) in [6.07, 6.45) is 5.16. The molecule has 0 aliphatic carbocycles. The fraction of sp³-hybridized carbons (Fsp3) is 0.200. The largest absolute Gasteiger partial charge is 0.462 e. The highest BCUT2D eigenvalue weighted by atomic mass is 79.9. The monoisotopic (exact) mass is 304 g/mol. The van der Waals surface area contributed by atoms with Gasteiger partial charge in [0.1, 0.15) is 0 Å². The van der Waals surface area contributed by atoms with Crippen LogP contribution in [-0.4, -0.2) is 22.0 Å². The lowest BCUT2D eigenvalue weighted by atomic mass is 10.3. The lowest BCUT2D eigenvalue weighted by molar-refractivity contribution is 0.0525. The van der Waals surface area contributed by atoms with E-state index in [9.17, 15) is 4.79 Å².